The van der Waals surface area contributed by atoms with Crippen molar-refractivity contribution >= 4 is 28.0 Å². The second kappa shape index (κ2) is 11.3. The molecule has 2 aromatic heterocycles. The zero-order valence-electron chi connectivity index (χ0n) is 18.1. The maximum absolute atomic E-state index is 14.5. The lowest BCUT2D eigenvalue weighted by Gasteiger charge is -2.20. The van der Waals surface area contributed by atoms with Gasteiger partial charge in [0, 0.05) is 18.9 Å². The van der Waals surface area contributed by atoms with E-state index in [1.165, 1.54) is 33.5 Å². The third-order valence-electron chi connectivity index (χ3n) is 3.96. The number of methoxy groups -OCH3 is 3. The Balaban J connectivity index is 2.33. The van der Waals surface area contributed by atoms with Crippen LogP contribution in [0.5, 0.6) is 11.8 Å². The van der Waals surface area contributed by atoms with Gasteiger partial charge in [-0.3, -0.25) is 5.32 Å². The number of ether oxygens (including phenoxy) is 4. The lowest BCUT2D eigenvalue weighted by Crippen LogP contribution is -2.36. The summed E-state index contributed by atoms with van der Waals surface area (Å²) >= 11 is 0. The summed E-state index contributed by atoms with van der Waals surface area (Å²) in [7, 11) is -0.920. The standard InChI is InChI=1S/C18H22FN5O8S/c1-5-11(32-14(25)9-29-2)10-6-7-20-16(19)15(10)33(27,28)24-18(26)23-17-21-12(30-3)8-13(22-17)31-4/h6-8,11H,5,9H2,1-4H3,(H2,21,22,23,24,26). The molecule has 2 rings (SSSR count). The molecular formula is C18H22FN5O8S. The average molecular weight is 487 g/mol. The van der Waals surface area contributed by atoms with Crippen molar-refractivity contribution in [2.45, 2.75) is 24.3 Å². The molecule has 0 aliphatic heterocycles. The number of aromatic nitrogens is 3. The Hall–Kier alpha value is -3.59. The molecule has 0 aromatic carbocycles. The number of sulfonamides is 1. The number of esters is 1. The first-order valence-electron chi connectivity index (χ1n) is 9.28. The first-order valence-corrected chi connectivity index (χ1v) is 10.8. The molecule has 13 nitrogen and oxygen atoms in total. The van der Waals surface area contributed by atoms with E-state index in [1.807, 2.05) is 0 Å². The molecule has 0 aliphatic carbocycles. The molecule has 33 heavy (non-hydrogen) atoms. The molecule has 1 atom stereocenters. The molecule has 0 radical (unpaired) electrons. The summed E-state index contributed by atoms with van der Waals surface area (Å²) in [6.45, 7) is 1.20. The molecule has 0 aliphatic rings. The fraction of sp³-hybridized carbons (Fsp3) is 0.389. The van der Waals surface area contributed by atoms with Crippen LogP contribution in [0.3, 0.4) is 0 Å². The molecule has 0 spiro atoms. The van der Waals surface area contributed by atoms with Crippen LogP contribution in [0.2, 0.25) is 0 Å². The second-order valence-corrected chi connectivity index (χ2v) is 7.80. The number of hydrogen-bond acceptors (Lipinski definition) is 11. The van der Waals surface area contributed by atoms with Crippen LogP contribution in [0, 0.1) is 5.95 Å². The zero-order chi connectivity index (χ0) is 24.6. The highest BCUT2D eigenvalue weighted by atomic mass is 32.2. The third kappa shape index (κ3) is 6.69. The second-order valence-electron chi connectivity index (χ2n) is 6.18. The molecule has 15 heteroatoms. The van der Waals surface area contributed by atoms with Crippen molar-refractivity contribution in [3.63, 3.8) is 0 Å². The number of pyridine rings is 1. The number of carbonyl (C=O) groups is 2. The largest absolute Gasteiger partial charge is 0.481 e. The van der Waals surface area contributed by atoms with Crippen molar-refractivity contribution in [1.29, 1.82) is 0 Å². The number of urea groups is 1. The van der Waals surface area contributed by atoms with Crippen LogP contribution < -0.4 is 19.5 Å². The van der Waals surface area contributed by atoms with Gasteiger partial charge in [0.2, 0.25) is 23.7 Å². The van der Waals surface area contributed by atoms with Gasteiger partial charge in [-0.1, -0.05) is 6.92 Å². The van der Waals surface area contributed by atoms with Crippen LogP contribution in [0.4, 0.5) is 15.1 Å². The Morgan fingerprint density at radius 2 is 1.79 bits per heavy atom. The first kappa shape index (κ1) is 25.7. The van der Waals surface area contributed by atoms with Crippen molar-refractivity contribution in [2.75, 3.05) is 33.3 Å². The van der Waals surface area contributed by atoms with Crippen molar-refractivity contribution in [3.05, 3.63) is 29.8 Å². The molecular weight excluding hydrogens is 465 g/mol. The molecule has 2 heterocycles. The van der Waals surface area contributed by atoms with E-state index in [4.69, 9.17) is 14.2 Å². The Morgan fingerprint density at radius 3 is 2.33 bits per heavy atom. The fourth-order valence-electron chi connectivity index (χ4n) is 2.60. The monoisotopic (exact) mass is 487 g/mol. The van der Waals surface area contributed by atoms with Gasteiger partial charge in [-0.05, 0) is 12.5 Å². The number of carbonyl (C=O) groups excluding carboxylic acids is 2. The van der Waals surface area contributed by atoms with Crippen LogP contribution in [-0.2, 0) is 24.3 Å². The normalized spacial score (nSPS) is 11.9. The molecule has 2 amide bonds. The Kier molecular flexibility index (Phi) is 8.81. The molecule has 180 valence electrons. The molecule has 1 unspecified atom stereocenters. The van der Waals surface area contributed by atoms with Gasteiger partial charge < -0.3 is 18.9 Å². The van der Waals surface area contributed by atoms with Crippen molar-refractivity contribution in [1.82, 2.24) is 19.7 Å². The predicted octanol–water partition coefficient (Wildman–Crippen LogP) is 1.18. The maximum atomic E-state index is 14.5. The van der Waals surface area contributed by atoms with Crippen molar-refractivity contribution < 1.29 is 41.3 Å². The number of nitrogens with one attached hydrogen (secondary N) is 2. The zero-order valence-corrected chi connectivity index (χ0v) is 18.9. The lowest BCUT2D eigenvalue weighted by molar-refractivity contribution is -0.154. The summed E-state index contributed by atoms with van der Waals surface area (Å²) in [6, 6.07) is 1.19. The predicted molar refractivity (Wildman–Crippen MR) is 110 cm³/mol. The van der Waals surface area contributed by atoms with Crippen LogP contribution >= 0.6 is 0 Å². The minimum absolute atomic E-state index is 0.0317. The smallest absolute Gasteiger partial charge is 0.335 e. The topological polar surface area (TPSA) is 168 Å². The van der Waals surface area contributed by atoms with Crippen LogP contribution in [0.15, 0.2) is 23.2 Å². The highest BCUT2D eigenvalue weighted by molar-refractivity contribution is 7.90. The van der Waals surface area contributed by atoms with E-state index in [0.717, 1.165) is 6.20 Å². The number of nitrogens with zero attached hydrogens (tertiary/aromatic N) is 3. The number of halogens is 1. The summed E-state index contributed by atoms with van der Waals surface area (Å²) in [5, 5.41) is 2.09. The average Bonchev–Trinajstić information content (AvgIpc) is 2.76. The summed E-state index contributed by atoms with van der Waals surface area (Å²) in [6.07, 6.45) is -0.0383. The fourth-order valence-corrected chi connectivity index (χ4v) is 3.78. The van der Waals surface area contributed by atoms with Crippen molar-refractivity contribution in [2.24, 2.45) is 0 Å². The van der Waals surface area contributed by atoms with Crippen molar-refractivity contribution in [3.8, 4) is 11.8 Å². The van der Waals surface area contributed by atoms with Gasteiger partial charge in [0.1, 0.15) is 17.6 Å². The summed E-state index contributed by atoms with van der Waals surface area (Å²) in [5.41, 5.74) is -0.214. The highest BCUT2D eigenvalue weighted by Crippen LogP contribution is 2.29. The summed E-state index contributed by atoms with van der Waals surface area (Å²) < 4.78 is 61.6. The summed E-state index contributed by atoms with van der Waals surface area (Å²) in [4.78, 5) is 34.2. The van der Waals surface area contributed by atoms with E-state index < -0.39 is 45.6 Å². The van der Waals surface area contributed by atoms with Gasteiger partial charge in [-0.25, -0.2) is 27.7 Å². The maximum Gasteiger partial charge on any atom is 0.335 e. The first-order chi connectivity index (χ1) is 15.6. The van der Waals surface area contributed by atoms with E-state index in [9.17, 15) is 22.4 Å². The van der Waals surface area contributed by atoms with Crippen LogP contribution in [0.1, 0.15) is 25.0 Å². The lowest BCUT2D eigenvalue weighted by atomic mass is 10.1. The Labute approximate surface area is 188 Å². The molecule has 2 aromatic rings. The molecule has 0 bridgehead atoms. The van der Waals surface area contributed by atoms with Gasteiger partial charge in [-0.15, -0.1) is 0 Å². The molecule has 0 saturated carbocycles. The minimum atomic E-state index is -4.82. The van der Waals surface area contributed by atoms with Gasteiger partial charge in [-0.2, -0.15) is 14.4 Å². The van der Waals surface area contributed by atoms with Crippen LogP contribution in [0.25, 0.3) is 0 Å². The third-order valence-corrected chi connectivity index (χ3v) is 5.36. The molecule has 0 fully saturated rings. The number of anilines is 1. The quantitative estimate of drug-likeness (QED) is 0.365. The van der Waals surface area contributed by atoms with Gasteiger partial charge in [0.15, 0.2) is 0 Å². The Bertz CT molecular complexity index is 1090. The Morgan fingerprint density at radius 1 is 1.15 bits per heavy atom. The summed E-state index contributed by atoms with van der Waals surface area (Å²) in [5.74, 6) is -2.47. The SMILES string of the molecule is CCC(OC(=O)COC)c1ccnc(F)c1S(=O)(=O)NC(=O)Nc1nc(OC)cc(OC)n1. The molecule has 2 N–H and O–H groups in total. The minimum Gasteiger partial charge on any atom is -0.481 e. The van der Waals surface area contributed by atoms with E-state index in [1.54, 1.807) is 11.6 Å². The van der Waals surface area contributed by atoms with Crippen LogP contribution in [-0.4, -0.2) is 63.3 Å². The van der Waals surface area contributed by atoms with Gasteiger partial charge >= 0.3 is 12.0 Å². The van der Waals surface area contributed by atoms with E-state index in [0.29, 0.717) is 0 Å². The number of amides is 2. The van der Waals surface area contributed by atoms with E-state index in [-0.39, 0.29) is 29.7 Å². The van der Waals surface area contributed by atoms with E-state index >= 15 is 0 Å². The van der Waals surface area contributed by atoms with Gasteiger partial charge in [0.05, 0.1) is 20.3 Å². The highest BCUT2D eigenvalue weighted by Gasteiger charge is 2.31. The van der Waals surface area contributed by atoms with E-state index in [2.05, 4.69) is 25.0 Å². The molecule has 0 saturated heterocycles. The number of hydrogen-bond donors (Lipinski definition) is 2. The van der Waals surface area contributed by atoms with Gasteiger partial charge in [0.25, 0.3) is 10.0 Å². The number of rotatable bonds is 10.